The van der Waals surface area contributed by atoms with E-state index in [9.17, 15) is 0 Å². The Bertz CT molecular complexity index is 1060. The Kier molecular flexibility index (Phi) is 6.83. The van der Waals surface area contributed by atoms with Crippen molar-refractivity contribution in [3.63, 3.8) is 0 Å². The third-order valence-electron chi connectivity index (χ3n) is 4.98. The number of para-hydroxylation sites is 2. The van der Waals surface area contributed by atoms with Crippen LogP contribution in [0, 0.1) is 6.92 Å². The van der Waals surface area contributed by atoms with Crippen LogP contribution in [0.1, 0.15) is 23.4 Å². The van der Waals surface area contributed by atoms with Crippen LogP contribution in [0.2, 0.25) is 0 Å². The van der Waals surface area contributed by atoms with Gasteiger partial charge in [0.05, 0.1) is 6.54 Å². The van der Waals surface area contributed by atoms with Crippen LogP contribution in [0.4, 0.5) is 5.69 Å². The number of aromatic nitrogens is 3. The molecule has 4 rings (SSSR count). The highest BCUT2D eigenvalue weighted by Crippen LogP contribution is 2.24. The molecule has 30 heavy (non-hydrogen) atoms. The Morgan fingerprint density at radius 2 is 1.53 bits per heavy atom. The number of benzene rings is 3. The largest absolute Gasteiger partial charge is 0.378 e. The molecule has 0 aliphatic rings. The van der Waals surface area contributed by atoms with E-state index in [-0.39, 0.29) is 0 Å². The zero-order valence-electron chi connectivity index (χ0n) is 17.2. The van der Waals surface area contributed by atoms with Gasteiger partial charge in [-0.25, -0.2) is 0 Å². The van der Waals surface area contributed by atoms with Crippen LogP contribution >= 0.6 is 11.8 Å². The van der Waals surface area contributed by atoms with Crippen LogP contribution in [0.3, 0.4) is 0 Å². The maximum atomic E-state index is 4.51. The lowest BCUT2D eigenvalue weighted by molar-refractivity contribution is 0.837. The molecule has 1 heterocycles. The molecule has 0 spiro atoms. The summed E-state index contributed by atoms with van der Waals surface area (Å²) in [5, 5.41) is 13.5. The quantitative estimate of drug-likeness (QED) is 0.273. The molecule has 0 amide bonds. The third-order valence-corrected chi connectivity index (χ3v) is 6.00. The highest BCUT2D eigenvalue weighted by Gasteiger charge is 2.14. The fourth-order valence-electron chi connectivity index (χ4n) is 3.37. The molecule has 0 aliphatic carbocycles. The standard InChI is InChI=1S/C25H26N4S/c1-20-11-8-9-17-23(20)26-19-24-27-28-25(29(24)22-15-6-3-7-16-22)30-18-10-14-21-12-4-2-5-13-21/h2-9,11-13,15-17,26H,10,14,18-19H2,1H3. The topological polar surface area (TPSA) is 42.7 Å². The summed E-state index contributed by atoms with van der Waals surface area (Å²) in [5.41, 5.74) is 4.82. The Balaban J connectivity index is 1.47. The zero-order chi connectivity index (χ0) is 20.6. The fourth-order valence-corrected chi connectivity index (χ4v) is 4.28. The van der Waals surface area contributed by atoms with Crippen molar-refractivity contribution in [2.45, 2.75) is 31.5 Å². The molecule has 3 aromatic carbocycles. The second kappa shape index (κ2) is 10.1. The summed E-state index contributed by atoms with van der Waals surface area (Å²) in [5.74, 6) is 1.92. The van der Waals surface area contributed by atoms with Crippen LogP contribution in [0.25, 0.3) is 5.69 Å². The number of thioether (sulfide) groups is 1. The first-order valence-electron chi connectivity index (χ1n) is 10.3. The SMILES string of the molecule is Cc1ccccc1NCc1nnc(SCCCc2ccccc2)n1-c1ccccc1. The Hall–Kier alpha value is -3.05. The summed E-state index contributed by atoms with van der Waals surface area (Å²) in [4.78, 5) is 0. The average molecular weight is 415 g/mol. The summed E-state index contributed by atoms with van der Waals surface area (Å²) in [6, 6.07) is 29.3. The highest BCUT2D eigenvalue weighted by molar-refractivity contribution is 7.99. The van der Waals surface area contributed by atoms with E-state index in [0.29, 0.717) is 6.54 Å². The van der Waals surface area contributed by atoms with Gasteiger partial charge in [0.1, 0.15) is 0 Å². The van der Waals surface area contributed by atoms with Gasteiger partial charge in [-0.15, -0.1) is 10.2 Å². The highest BCUT2D eigenvalue weighted by atomic mass is 32.2. The summed E-state index contributed by atoms with van der Waals surface area (Å²) in [7, 11) is 0. The van der Waals surface area contributed by atoms with Gasteiger partial charge in [0, 0.05) is 17.1 Å². The Morgan fingerprint density at radius 3 is 2.30 bits per heavy atom. The van der Waals surface area contributed by atoms with Gasteiger partial charge in [0.25, 0.3) is 0 Å². The van der Waals surface area contributed by atoms with E-state index >= 15 is 0 Å². The maximum absolute atomic E-state index is 4.51. The molecule has 0 unspecified atom stereocenters. The van der Waals surface area contributed by atoms with Gasteiger partial charge in [0.2, 0.25) is 0 Å². The second-order valence-corrected chi connectivity index (χ2v) is 8.24. The molecule has 0 saturated heterocycles. The number of nitrogens with zero attached hydrogens (tertiary/aromatic N) is 3. The van der Waals surface area contributed by atoms with E-state index in [4.69, 9.17) is 0 Å². The van der Waals surface area contributed by atoms with Gasteiger partial charge in [-0.05, 0) is 49.1 Å². The van der Waals surface area contributed by atoms with Crippen LogP contribution < -0.4 is 5.32 Å². The predicted octanol–water partition coefficient (Wildman–Crippen LogP) is 5.91. The van der Waals surface area contributed by atoms with Gasteiger partial charge in [0.15, 0.2) is 11.0 Å². The minimum absolute atomic E-state index is 0.622. The van der Waals surface area contributed by atoms with E-state index in [1.807, 2.05) is 12.1 Å². The molecule has 1 aromatic heterocycles. The summed E-state index contributed by atoms with van der Waals surface area (Å²) in [6.45, 7) is 2.73. The lowest BCUT2D eigenvalue weighted by atomic mass is 10.1. The molecule has 4 nitrogen and oxygen atoms in total. The molecule has 0 saturated carbocycles. The van der Waals surface area contributed by atoms with E-state index in [1.165, 1.54) is 11.1 Å². The molecule has 0 fully saturated rings. The van der Waals surface area contributed by atoms with Crippen molar-refractivity contribution in [1.29, 1.82) is 0 Å². The van der Waals surface area contributed by atoms with E-state index in [1.54, 1.807) is 11.8 Å². The van der Waals surface area contributed by atoms with Crippen molar-refractivity contribution in [1.82, 2.24) is 14.8 Å². The first-order valence-corrected chi connectivity index (χ1v) is 11.3. The van der Waals surface area contributed by atoms with E-state index < -0.39 is 0 Å². The zero-order valence-corrected chi connectivity index (χ0v) is 18.0. The Morgan fingerprint density at radius 1 is 0.833 bits per heavy atom. The number of aryl methyl sites for hydroxylation is 2. The second-order valence-electron chi connectivity index (χ2n) is 7.18. The lowest BCUT2D eigenvalue weighted by Gasteiger charge is -2.12. The fraction of sp³-hybridized carbons (Fsp3) is 0.200. The summed E-state index contributed by atoms with van der Waals surface area (Å²) < 4.78 is 2.17. The minimum atomic E-state index is 0.622. The molecule has 0 atom stereocenters. The molecular formula is C25H26N4S. The summed E-state index contributed by atoms with van der Waals surface area (Å²) in [6.07, 6.45) is 2.18. The number of hydrogen-bond donors (Lipinski definition) is 1. The molecule has 0 aliphatic heterocycles. The van der Waals surface area contributed by atoms with Gasteiger partial charge >= 0.3 is 0 Å². The first-order chi connectivity index (χ1) is 14.8. The molecule has 0 radical (unpaired) electrons. The van der Waals surface area contributed by atoms with Crippen LogP contribution in [-0.4, -0.2) is 20.5 Å². The van der Waals surface area contributed by atoms with Gasteiger partial charge in [-0.1, -0.05) is 78.5 Å². The molecule has 152 valence electrons. The molecule has 0 bridgehead atoms. The van der Waals surface area contributed by atoms with Crippen molar-refractivity contribution in [3.8, 4) is 5.69 Å². The average Bonchev–Trinajstić information content (AvgIpc) is 3.20. The van der Waals surface area contributed by atoms with Crippen molar-refractivity contribution in [3.05, 3.63) is 102 Å². The minimum Gasteiger partial charge on any atom is -0.378 e. The van der Waals surface area contributed by atoms with Crippen molar-refractivity contribution >= 4 is 17.4 Å². The molecule has 5 heteroatoms. The lowest BCUT2D eigenvalue weighted by Crippen LogP contribution is -2.09. The van der Waals surface area contributed by atoms with Crippen LogP contribution in [0.15, 0.2) is 90.1 Å². The van der Waals surface area contributed by atoms with Crippen LogP contribution in [0.5, 0.6) is 0 Å². The number of hydrogen-bond acceptors (Lipinski definition) is 4. The number of rotatable bonds is 9. The smallest absolute Gasteiger partial charge is 0.195 e. The van der Waals surface area contributed by atoms with Gasteiger partial charge in [-0.3, -0.25) is 4.57 Å². The molecule has 4 aromatic rings. The van der Waals surface area contributed by atoms with Crippen molar-refractivity contribution < 1.29 is 0 Å². The normalized spacial score (nSPS) is 10.8. The predicted molar refractivity (Wildman–Crippen MR) is 125 cm³/mol. The Labute approximate surface area is 182 Å². The number of anilines is 1. The van der Waals surface area contributed by atoms with E-state index in [0.717, 1.165) is 41.0 Å². The van der Waals surface area contributed by atoms with Crippen molar-refractivity contribution in [2.24, 2.45) is 0 Å². The number of nitrogens with one attached hydrogen (secondary N) is 1. The first kappa shape index (κ1) is 20.2. The van der Waals surface area contributed by atoms with Crippen molar-refractivity contribution in [2.75, 3.05) is 11.1 Å². The summed E-state index contributed by atoms with van der Waals surface area (Å²) >= 11 is 1.77. The maximum Gasteiger partial charge on any atom is 0.195 e. The molecular weight excluding hydrogens is 388 g/mol. The van der Waals surface area contributed by atoms with Crippen LogP contribution in [-0.2, 0) is 13.0 Å². The van der Waals surface area contributed by atoms with E-state index in [2.05, 4.69) is 99.8 Å². The van der Waals surface area contributed by atoms with Gasteiger partial charge in [-0.2, -0.15) is 0 Å². The molecule has 1 N–H and O–H groups in total. The van der Waals surface area contributed by atoms with Gasteiger partial charge < -0.3 is 5.32 Å². The third kappa shape index (κ3) is 5.10. The monoisotopic (exact) mass is 414 g/mol.